The Morgan fingerprint density at radius 3 is 2.42 bits per heavy atom. The van der Waals surface area contributed by atoms with Crippen molar-refractivity contribution in [3.8, 4) is 0 Å². The van der Waals surface area contributed by atoms with Gasteiger partial charge in [-0.3, -0.25) is 4.90 Å². The van der Waals surface area contributed by atoms with E-state index in [0.717, 1.165) is 4.90 Å². The summed E-state index contributed by atoms with van der Waals surface area (Å²) >= 11 is 0. The Kier molecular flexibility index (Phi) is 4.79. The van der Waals surface area contributed by atoms with Crippen molar-refractivity contribution in [1.82, 2.24) is 4.90 Å². The molecule has 0 spiro atoms. The van der Waals surface area contributed by atoms with Gasteiger partial charge in [0.25, 0.3) is 0 Å². The average Bonchev–Trinajstić information content (AvgIpc) is 2.53. The predicted octanol–water partition coefficient (Wildman–Crippen LogP) is 1.51. The average molecular weight is 273 g/mol. The third kappa shape index (κ3) is 3.83. The van der Waals surface area contributed by atoms with Crippen molar-refractivity contribution in [3.05, 3.63) is 0 Å². The number of aliphatic hydroxyl groups is 1. The number of esters is 1. The van der Waals surface area contributed by atoms with Crippen LogP contribution in [0.5, 0.6) is 0 Å². The highest BCUT2D eigenvalue weighted by Crippen LogP contribution is 2.30. The number of hydrogen-bond donors (Lipinski definition) is 1. The van der Waals surface area contributed by atoms with Crippen LogP contribution in [0.2, 0.25) is 0 Å². The molecule has 6 nitrogen and oxygen atoms in total. The van der Waals surface area contributed by atoms with Gasteiger partial charge in [-0.2, -0.15) is 0 Å². The zero-order valence-electron chi connectivity index (χ0n) is 12.2. The first-order valence-electron chi connectivity index (χ1n) is 6.53. The quantitative estimate of drug-likeness (QED) is 0.772. The van der Waals surface area contributed by atoms with Crippen LogP contribution in [0.25, 0.3) is 0 Å². The number of carbonyl (C=O) groups is 2. The van der Waals surface area contributed by atoms with Crippen LogP contribution < -0.4 is 0 Å². The number of ether oxygens (including phenoxy) is 2. The van der Waals surface area contributed by atoms with E-state index in [1.54, 1.807) is 34.6 Å². The van der Waals surface area contributed by atoms with E-state index in [0.29, 0.717) is 6.42 Å². The largest absolute Gasteiger partial charge is 0.464 e. The molecule has 0 aliphatic carbocycles. The monoisotopic (exact) mass is 273 g/mol. The second-order valence-electron chi connectivity index (χ2n) is 5.78. The van der Waals surface area contributed by atoms with E-state index >= 15 is 0 Å². The summed E-state index contributed by atoms with van der Waals surface area (Å²) in [6.45, 7) is 8.91. The fourth-order valence-electron chi connectivity index (χ4n) is 2.04. The molecule has 1 amide bonds. The third-order valence-electron chi connectivity index (χ3n) is 2.89. The topological polar surface area (TPSA) is 76.1 Å². The molecule has 1 heterocycles. The minimum absolute atomic E-state index is 0.193. The zero-order chi connectivity index (χ0) is 14.8. The molecule has 1 aliphatic heterocycles. The first-order valence-corrected chi connectivity index (χ1v) is 6.53. The fraction of sp³-hybridized carbons (Fsp3) is 0.846. The van der Waals surface area contributed by atoms with E-state index in [9.17, 15) is 14.7 Å². The molecule has 0 bridgehead atoms. The maximum Gasteiger partial charge on any atom is 0.413 e. The Morgan fingerprint density at radius 2 is 1.95 bits per heavy atom. The van der Waals surface area contributed by atoms with Crippen molar-refractivity contribution in [2.75, 3.05) is 6.61 Å². The summed E-state index contributed by atoms with van der Waals surface area (Å²) < 4.78 is 10.2. The van der Waals surface area contributed by atoms with Gasteiger partial charge in [-0.05, 0) is 34.1 Å². The SMILES string of the molecule is CCOC(=O)C1CC(C)C(O)N1C(=O)OC(C)(C)C. The number of hydrogen-bond acceptors (Lipinski definition) is 5. The highest BCUT2D eigenvalue weighted by atomic mass is 16.6. The van der Waals surface area contributed by atoms with Crippen molar-refractivity contribution < 1.29 is 24.2 Å². The van der Waals surface area contributed by atoms with E-state index < -0.39 is 29.9 Å². The molecule has 1 saturated heterocycles. The van der Waals surface area contributed by atoms with Crippen LogP contribution in [0, 0.1) is 5.92 Å². The zero-order valence-corrected chi connectivity index (χ0v) is 12.2. The number of rotatable bonds is 2. The molecule has 19 heavy (non-hydrogen) atoms. The molecule has 110 valence electrons. The van der Waals surface area contributed by atoms with Gasteiger partial charge in [0.15, 0.2) is 0 Å². The Hall–Kier alpha value is -1.30. The van der Waals surface area contributed by atoms with Gasteiger partial charge in [0.2, 0.25) is 0 Å². The fourth-order valence-corrected chi connectivity index (χ4v) is 2.04. The molecule has 0 aromatic rings. The van der Waals surface area contributed by atoms with Crippen molar-refractivity contribution >= 4 is 12.1 Å². The first kappa shape index (κ1) is 15.8. The van der Waals surface area contributed by atoms with Gasteiger partial charge >= 0.3 is 12.1 Å². The van der Waals surface area contributed by atoms with Crippen LogP contribution in [0.4, 0.5) is 4.79 Å². The molecule has 1 N–H and O–H groups in total. The van der Waals surface area contributed by atoms with Gasteiger partial charge < -0.3 is 14.6 Å². The molecule has 1 rings (SSSR count). The van der Waals surface area contributed by atoms with Crippen LogP contribution in [0.3, 0.4) is 0 Å². The number of nitrogens with zero attached hydrogens (tertiary/aromatic N) is 1. The van der Waals surface area contributed by atoms with E-state index in [1.807, 2.05) is 0 Å². The highest BCUT2D eigenvalue weighted by molar-refractivity contribution is 5.82. The van der Waals surface area contributed by atoms with Gasteiger partial charge in [-0.1, -0.05) is 6.92 Å². The molecule has 0 radical (unpaired) electrons. The Morgan fingerprint density at radius 1 is 1.37 bits per heavy atom. The van der Waals surface area contributed by atoms with Crippen molar-refractivity contribution in [1.29, 1.82) is 0 Å². The molecule has 3 unspecified atom stereocenters. The summed E-state index contributed by atoms with van der Waals surface area (Å²) in [5.41, 5.74) is -0.679. The van der Waals surface area contributed by atoms with Gasteiger partial charge in [-0.15, -0.1) is 0 Å². The van der Waals surface area contributed by atoms with E-state index in [2.05, 4.69) is 0 Å². The summed E-state index contributed by atoms with van der Waals surface area (Å²) in [7, 11) is 0. The molecule has 0 saturated carbocycles. The minimum atomic E-state index is -1.02. The number of likely N-dealkylation sites (tertiary alicyclic amines) is 1. The van der Waals surface area contributed by atoms with Gasteiger partial charge in [0, 0.05) is 5.92 Å². The molecule has 3 atom stereocenters. The lowest BCUT2D eigenvalue weighted by molar-refractivity contribution is -0.150. The molecule has 0 aromatic heterocycles. The maximum atomic E-state index is 12.1. The van der Waals surface area contributed by atoms with Gasteiger partial charge in [0.05, 0.1) is 6.61 Å². The number of aliphatic hydroxyl groups excluding tert-OH is 1. The second kappa shape index (κ2) is 5.77. The number of carbonyl (C=O) groups excluding carboxylic acids is 2. The molecular weight excluding hydrogens is 250 g/mol. The number of amides is 1. The van der Waals surface area contributed by atoms with Crippen molar-refractivity contribution in [3.63, 3.8) is 0 Å². The summed E-state index contributed by atoms with van der Waals surface area (Å²) in [5.74, 6) is -0.696. The second-order valence-corrected chi connectivity index (χ2v) is 5.78. The third-order valence-corrected chi connectivity index (χ3v) is 2.89. The van der Waals surface area contributed by atoms with Crippen LogP contribution in [0.15, 0.2) is 0 Å². The first-order chi connectivity index (χ1) is 8.67. The highest BCUT2D eigenvalue weighted by Gasteiger charge is 2.46. The molecule has 1 aliphatic rings. The molecule has 6 heteroatoms. The summed E-state index contributed by atoms with van der Waals surface area (Å²) in [6, 6.07) is -0.778. The standard InChI is InChI=1S/C13H23NO5/c1-6-18-11(16)9-7-8(2)10(15)14(9)12(17)19-13(3,4)5/h8-10,15H,6-7H2,1-5H3. The maximum absolute atomic E-state index is 12.1. The Balaban J connectivity index is 2.86. The normalized spacial score (nSPS) is 27.3. The summed E-state index contributed by atoms with van der Waals surface area (Å²) in [5, 5.41) is 10.0. The molecular formula is C13H23NO5. The van der Waals surface area contributed by atoms with Crippen LogP contribution >= 0.6 is 0 Å². The van der Waals surface area contributed by atoms with E-state index in [4.69, 9.17) is 9.47 Å². The van der Waals surface area contributed by atoms with Crippen molar-refractivity contribution in [2.24, 2.45) is 5.92 Å². The smallest absolute Gasteiger partial charge is 0.413 e. The van der Waals surface area contributed by atoms with Crippen LogP contribution in [-0.2, 0) is 14.3 Å². The summed E-state index contributed by atoms with van der Waals surface area (Å²) in [4.78, 5) is 25.0. The molecule has 0 aromatic carbocycles. The minimum Gasteiger partial charge on any atom is -0.464 e. The van der Waals surface area contributed by atoms with E-state index in [-0.39, 0.29) is 12.5 Å². The van der Waals surface area contributed by atoms with Crippen LogP contribution in [-0.4, -0.2) is 46.5 Å². The Bertz CT molecular complexity index is 349. The lowest BCUT2D eigenvalue weighted by atomic mass is 10.1. The predicted molar refractivity (Wildman–Crippen MR) is 68.3 cm³/mol. The Labute approximate surface area is 113 Å². The van der Waals surface area contributed by atoms with E-state index in [1.165, 1.54) is 0 Å². The lowest BCUT2D eigenvalue weighted by Gasteiger charge is -2.29. The summed E-state index contributed by atoms with van der Waals surface area (Å²) in [6.07, 6.45) is -1.34. The molecule has 1 fully saturated rings. The van der Waals surface area contributed by atoms with Gasteiger partial charge in [-0.25, -0.2) is 9.59 Å². The van der Waals surface area contributed by atoms with Crippen LogP contribution in [0.1, 0.15) is 41.0 Å². The van der Waals surface area contributed by atoms with Crippen molar-refractivity contribution in [2.45, 2.75) is 58.9 Å². The van der Waals surface area contributed by atoms with Gasteiger partial charge in [0.1, 0.15) is 17.9 Å². The lowest BCUT2D eigenvalue weighted by Crippen LogP contribution is -2.48.